The molecule has 0 saturated carbocycles. The Labute approximate surface area is 102 Å². The molecular weight excluding hydrogens is 210 g/mol. The van der Waals surface area contributed by atoms with Gasteiger partial charge >= 0.3 is 0 Å². The van der Waals surface area contributed by atoms with E-state index in [2.05, 4.69) is 49.3 Å². The average Bonchev–Trinajstić information content (AvgIpc) is 2.31. The minimum atomic E-state index is -0.244. The second-order valence-electron chi connectivity index (χ2n) is 4.22. The molecule has 0 spiro atoms. The van der Waals surface area contributed by atoms with Crippen molar-refractivity contribution in [1.82, 2.24) is 4.57 Å². The quantitative estimate of drug-likeness (QED) is 0.652. The Morgan fingerprint density at radius 3 is 2.12 bits per heavy atom. The van der Waals surface area contributed by atoms with Gasteiger partial charge in [-0.05, 0) is 36.7 Å². The van der Waals surface area contributed by atoms with Gasteiger partial charge in [0.15, 0.2) is 0 Å². The third-order valence-corrected chi connectivity index (χ3v) is 4.62. The van der Waals surface area contributed by atoms with Crippen LogP contribution < -0.4 is 5.19 Å². The predicted octanol–water partition coefficient (Wildman–Crippen LogP) is 2.16. The Hall–Kier alpha value is -0.863. The van der Waals surface area contributed by atoms with Gasteiger partial charge < -0.3 is 4.57 Å². The van der Waals surface area contributed by atoms with Gasteiger partial charge in [-0.25, -0.2) is 0 Å². The highest BCUT2D eigenvalue weighted by Crippen LogP contribution is 1.99. The molecule has 16 heavy (non-hydrogen) atoms. The lowest BCUT2D eigenvalue weighted by Crippen LogP contribution is -2.37. The summed E-state index contributed by atoms with van der Waals surface area (Å²) in [5.41, 5.74) is 1.22. The van der Waals surface area contributed by atoms with Gasteiger partial charge in [-0.15, -0.1) is 0 Å². The first-order valence-electron chi connectivity index (χ1n) is 6.23. The fraction of sp³-hybridized carbons (Fsp3) is 0.429. The number of nitrogens with zero attached hydrogens (tertiary/aromatic N) is 1. The summed E-state index contributed by atoms with van der Waals surface area (Å²) in [4.78, 5) is 0. The highest BCUT2D eigenvalue weighted by atomic mass is 28.2. The molecular formula is C14H23NSi. The molecule has 0 aromatic heterocycles. The van der Waals surface area contributed by atoms with Crippen LogP contribution in [0, 0.1) is 0 Å². The molecule has 0 radical (unpaired) electrons. The first-order valence-corrected chi connectivity index (χ1v) is 7.57. The second-order valence-corrected chi connectivity index (χ2v) is 6.25. The summed E-state index contributed by atoms with van der Waals surface area (Å²) in [6.07, 6.45) is 4.43. The molecule has 0 bridgehead atoms. The number of benzene rings is 1. The summed E-state index contributed by atoms with van der Waals surface area (Å²) < 4.78 is 2.66. The zero-order chi connectivity index (χ0) is 11.8. The van der Waals surface area contributed by atoms with E-state index in [-0.39, 0.29) is 9.68 Å². The van der Waals surface area contributed by atoms with Crippen LogP contribution in [0.1, 0.15) is 32.3 Å². The molecule has 88 valence electrons. The Morgan fingerprint density at radius 2 is 1.69 bits per heavy atom. The van der Waals surface area contributed by atoms with Crippen molar-refractivity contribution in [2.75, 3.05) is 13.1 Å². The van der Waals surface area contributed by atoms with Crippen molar-refractivity contribution in [2.45, 2.75) is 26.7 Å². The molecule has 0 aliphatic carbocycles. The Kier molecular flexibility index (Phi) is 6.12. The molecule has 0 fully saturated rings. The topological polar surface area (TPSA) is 3.24 Å². The van der Waals surface area contributed by atoms with Crippen molar-refractivity contribution < 1.29 is 0 Å². The van der Waals surface area contributed by atoms with Crippen molar-refractivity contribution in [1.29, 1.82) is 0 Å². The summed E-state index contributed by atoms with van der Waals surface area (Å²) in [7, 11) is -0.244. The molecule has 0 atom stereocenters. The smallest absolute Gasteiger partial charge is 0.127 e. The summed E-state index contributed by atoms with van der Waals surface area (Å²) in [5, 5.41) is 1.53. The third-order valence-electron chi connectivity index (χ3n) is 2.70. The zero-order valence-corrected chi connectivity index (χ0v) is 12.0. The van der Waals surface area contributed by atoms with Gasteiger partial charge in [0.1, 0.15) is 9.68 Å². The molecule has 1 nitrogen and oxygen atoms in total. The minimum Gasteiger partial charge on any atom is -0.325 e. The lowest BCUT2D eigenvalue weighted by atomic mass is 10.2. The van der Waals surface area contributed by atoms with Crippen LogP contribution >= 0.6 is 0 Å². The van der Waals surface area contributed by atoms with Crippen molar-refractivity contribution in [2.24, 2.45) is 0 Å². The first kappa shape index (κ1) is 13.2. The molecule has 0 unspecified atom stereocenters. The van der Waals surface area contributed by atoms with Crippen LogP contribution in [-0.4, -0.2) is 27.3 Å². The monoisotopic (exact) mass is 233 g/mol. The van der Waals surface area contributed by atoms with Crippen LogP contribution in [0.25, 0.3) is 6.08 Å². The van der Waals surface area contributed by atoms with E-state index in [1.165, 1.54) is 36.7 Å². The predicted molar refractivity (Wildman–Crippen MR) is 76.9 cm³/mol. The van der Waals surface area contributed by atoms with E-state index in [4.69, 9.17) is 0 Å². The molecule has 0 N–H and O–H groups in total. The lowest BCUT2D eigenvalue weighted by molar-refractivity contribution is 0.445. The maximum absolute atomic E-state index is 3.78. The third kappa shape index (κ3) is 4.33. The van der Waals surface area contributed by atoms with Crippen LogP contribution in [-0.2, 0) is 0 Å². The minimum absolute atomic E-state index is 0.244. The van der Waals surface area contributed by atoms with Gasteiger partial charge in [-0.3, -0.25) is 0 Å². The van der Waals surface area contributed by atoms with Gasteiger partial charge in [-0.1, -0.05) is 50.8 Å². The van der Waals surface area contributed by atoms with Gasteiger partial charge in [0.05, 0.1) is 0 Å². The molecule has 0 heterocycles. The van der Waals surface area contributed by atoms with Gasteiger partial charge in [-0.2, -0.15) is 0 Å². The van der Waals surface area contributed by atoms with Crippen molar-refractivity contribution >= 4 is 20.9 Å². The normalized spacial score (nSPS) is 11.4. The van der Waals surface area contributed by atoms with Crippen LogP contribution in [0.3, 0.4) is 0 Å². The highest BCUT2D eigenvalue weighted by Gasteiger charge is 2.04. The first-order chi connectivity index (χ1) is 7.80. The lowest BCUT2D eigenvalue weighted by Gasteiger charge is -2.20. The number of rotatable bonds is 7. The Balaban J connectivity index is 2.58. The average molecular weight is 233 g/mol. The summed E-state index contributed by atoms with van der Waals surface area (Å²) >= 11 is 0. The summed E-state index contributed by atoms with van der Waals surface area (Å²) in [6, 6.07) is 8.87. The van der Waals surface area contributed by atoms with Gasteiger partial charge in [0, 0.05) is 0 Å². The molecule has 0 saturated heterocycles. The Bertz CT molecular complexity index is 299. The zero-order valence-electron chi connectivity index (χ0n) is 10.6. The van der Waals surface area contributed by atoms with Gasteiger partial charge in [0.2, 0.25) is 0 Å². The van der Waals surface area contributed by atoms with Crippen molar-refractivity contribution in [3.63, 3.8) is 0 Å². The van der Waals surface area contributed by atoms with E-state index in [1.54, 1.807) is 0 Å². The second kappa shape index (κ2) is 7.42. The van der Waals surface area contributed by atoms with Gasteiger partial charge in [0.25, 0.3) is 0 Å². The summed E-state index contributed by atoms with van der Waals surface area (Å²) in [5.74, 6) is 0. The van der Waals surface area contributed by atoms with Crippen molar-refractivity contribution in [3.05, 3.63) is 36.4 Å². The molecule has 0 aliphatic rings. The standard InChI is InChI=1S/C14H23NSi/c1-4-11-15(12-5-2)16-14-9-7-13(6-3)8-10-14/h6-10H,3-5,11-12,16H2,1-2H3. The van der Waals surface area contributed by atoms with E-state index in [1.807, 2.05) is 6.08 Å². The van der Waals surface area contributed by atoms with E-state index < -0.39 is 0 Å². The van der Waals surface area contributed by atoms with E-state index >= 15 is 0 Å². The van der Waals surface area contributed by atoms with Crippen LogP contribution in [0.15, 0.2) is 30.8 Å². The molecule has 1 rings (SSSR count). The highest BCUT2D eigenvalue weighted by molar-refractivity contribution is 6.50. The fourth-order valence-electron chi connectivity index (χ4n) is 1.92. The van der Waals surface area contributed by atoms with E-state index in [0.29, 0.717) is 0 Å². The SMILES string of the molecule is C=Cc1ccc([SiH2]N(CCC)CCC)cc1. The van der Waals surface area contributed by atoms with Crippen LogP contribution in [0.5, 0.6) is 0 Å². The maximum Gasteiger partial charge on any atom is 0.127 e. The van der Waals surface area contributed by atoms with Crippen LogP contribution in [0.2, 0.25) is 0 Å². The molecule has 2 heteroatoms. The molecule has 1 aromatic rings. The van der Waals surface area contributed by atoms with E-state index in [0.717, 1.165) is 0 Å². The summed E-state index contributed by atoms with van der Waals surface area (Å²) in [6.45, 7) is 10.8. The fourth-order valence-corrected chi connectivity index (χ4v) is 3.83. The van der Waals surface area contributed by atoms with Crippen LogP contribution in [0.4, 0.5) is 0 Å². The molecule has 1 aromatic carbocycles. The molecule has 0 aliphatic heterocycles. The number of hydrogen-bond donors (Lipinski definition) is 0. The number of hydrogen-bond acceptors (Lipinski definition) is 1. The molecule has 0 amide bonds. The van der Waals surface area contributed by atoms with E-state index in [9.17, 15) is 0 Å². The van der Waals surface area contributed by atoms with Crippen molar-refractivity contribution in [3.8, 4) is 0 Å². The Morgan fingerprint density at radius 1 is 1.12 bits per heavy atom. The maximum atomic E-state index is 3.78. The largest absolute Gasteiger partial charge is 0.325 e.